The Hall–Kier alpha value is -2.76. The van der Waals surface area contributed by atoms with Crippen LogP contribution in [0.5, 0.6) is 0 Å². The molecule has 2 N–H and O–H groups in total. The Balaban J connectivity index is 1.86. The van der Waals surface area contributed by atoms with Gasteiger partial charge in [0.25, 0.3) is 0 Å². The Kier molecular flexibility index (Phi) is 5.73. The molecule has 0 saturated carbocycles. The topological polar surface area (TPSA) is 79.8 Å². The van der Waals surface area contributed by atoms with Gasteiger partial charge < -0.3 is 10.6 Å². The van der Waals surface area contributed by atoms with Crippen LogP contribution in [0.25, 0.3) is 11.3 Å². The van der Waals surface area contributed by atoms with E-state index in [2.05, 4.69) is 25.6 Å². The average molecular weight is 419 g/mol. The summed E-state index contributed by atoms with van der Waals surface area (Å²) in [4.78, 5) is 22.1. The van der Waals surface area contributed by atoms with Gasteiger partial charge in [0.2, 0.25) is 11.7 Å². The average Bonchev–Trinajstić information content (AvgIpc) is 3.19. The molecule has 156 valence electrons. The Morgan fingerprint density at radius 1 is 1.07 bits per heavy atom. The predicted molar refractivity (Wildman–Crippen MR) is 88.1 cm³/mol. The molecule has 2 aromatic rings. The Morgan fingerprint density at radius 3 is 2.31 bits per heavy atom. The fourth-order valence-electron chi connectivity index (χ4n) is 2.88. The first-order valence-electron chi connectivity index (χ1n) is 8.52. The number of carbonyl (C=O) groups is 1. The molecule has 0 aromatic carbocycles. The van der Waals surface area contributed by atoms with E-state index in [1.807, 2.05) is 0 Å². The van der Waals surface area contributed by atoms with Gasteiger partial charge in [-0.05, 0) is 31.0 Å². The lowest BCUT2D eigenvalue weighted by atomic mass is 10.1. The first-order valence-corrected chi connectivity index (χ1v) is 8.52. The summed E-state index contributed by atoms with van der Waals surface area (Å²) in [6.07, 6.45) is -5.85. The molecule has 0 spiro atoms. The smallest absolute Gasteiger partial charge is 0.351 e. The Labute approximate surface area is 160 Å². The van der Waals surface area contributed by atoms with E-state index in [0.29, 0.717) is 19.2 Å². The number of nitrogens with zero attached hydrogens (tertiary/aromatic N) is 3. The van der Waals surface area contributed by atoms with E-state index in [1.165, 1.54) is 0 Å². The van der Waals surface area contributed by atoms with Crippen molar-refractivity contribution in [3.05, 3.63) is 41.6 Å². The molecule has 1 aliphatic heterocycles. The molecular formula is C17H15F6N5O. The van der Waals surface area contributed by atoms with Gasteiger partial charge in [-0.2, -0.15) is 26.3 Å². The summed E-state index contributed by atoms with van der Waals surface area (Å²) in [5, 5.41) is 5.39. The zero-order valence-electron chi connectivity index (χ0n) is 14.7. The van der Waals surface area contributed by atoms with Crippen molar-refractivity contribution in [3.8, 4) is 11.3 Å². The molecule has 2 aromatic heterocycles. The van der Waals surface area contributed by atoms with Crippen molar-refractivity contribution in [3.63, 3.8) is 0 Å². The highest BCUT2D eigenvalue weighted by Crippen LogP contribution is 2.33. The Morgan fingerprint density at radius 2 is 1.76 bits per heavy atom. The van der Waals surface area contributed by atoms with Crippen LogP contribution in [0, 0.1) is 0 Å². The van der Waals surface area contributed by atoms with Gasteiger partial charge in [-0.3, -0.25) is 9.78 Å². The van der Waals surface area contributed by atoms with Crippen LogP contribution in [-0.2, 0) is 23.7 Å². The maximum absolute atomic E-state index is 13.3. The summed E-state index contributed by atoms with van der Waals surface area (Å²) < 4.78 is 77.5. The minimum Gasteiger partial charge on any atom is -0.351 e. The summed E-state index contributed by atoms with van der Waals surface area (Å²) in [6.45, 7) is 0.238. The van der Waals surface area contributed by atoms with Crippen molar-refractivity contribution in [1.29, 1.82) is 0 Å². The largest absolute Gasteiger partial charge is 0.451 e. The second-order valence-electron chi connectivity index (χ2n) is 6.38. The first-order chi connectivity index (χ1) is 13.6. The van der Waals surface area contributed by atoms with Gasteiger partial charge in [-0.1, -0.05) is 0 Å². The summed E-state index contributed by atoms with van der Waals surface area (Å²) in [7, 11) is 0. The predicted octanol–water partition coefficient (Wildman–Crippen LogP) is 2.94. The van der Waals surface area contributed by atoms with Crippen LogP contribution < -0.4 is 10.6 Å². The fraction of sp³-hybridized carbons (Fsp3) is 0.412. The molecule has 1 unspecified atom stereocenters. The van der Waals surface area contributed by atoms with Crippen molar-refractivity contribution < 1.29 is 31.1 Å². The number of hydrogen-bond donors (Lipinski definition) is 2. The van der Waals surface area contributed by atoms with Crippen molar-refractivity contribution in [1.82, 2.24) is 25.6 Å². The first kappa shape index (κ1) is 21.0. The molecule has 3 rings (SSSR count). The maximum atomic E-state index is 13.3. The minimum absolute atomic E-state index is 0.0109. The van der Waals surface area contributed by atoms with Crippen molar-refractivity contribution >= 4 is 5.91 Å². The molecular weight excluding hydrogens is 404 g/mol. The highest BCUT2D eigenvalue weighted by molar-refractivity contribution is 5.82. The van der Waals surface area contributed by atoms with Gasteiger partial charge in [-0.15, -0.1) is 0 Å². The number of amides is 1. The molecule has 29 heavy (non-hydrogen) atoms. The number of aromatic nitrogens is 3. The quantitative estimate of drug-likeness (QED) is 0.745. The number of carbonyl (C=O) groups excluding carboxylic acids is 1. The number of nitrogens with one attached hydrogen (secondary N) is 2. The molecule has 1 aliphatic rings. The van der Waals surface area contributed by atoms with Gasteiger partial charge in [0.05, 0.1) is 17.3 Å². The van der Waals surface area contributed by atoms with Gasteiger partial charge in [0.15, 0.2) is 0 Å². The second-order valence-corrected chi connectivity index (χ2v) is 6.38. The minimum atomic E-state index is -4.74. The second kappa shape index (κ2) is 7.93. The molecule has 1 atom stereocenters. The SMILES string of the molecule is O=C(NCc1cc(-c2cnc(C(F)(F)F)nc2)ncc1C(F)(F)F)C1CCCN1. The van der Waals surface area contributed by atoms with Gasteiger partial charge in [0, 0.05) is 30.7 Å². The van der Waals surface area contributed by atoms with E-state index in [0.717, 1.165) is 24.9 Å². The highest BCUT2D eigenvalue weighted by atomic mass is 19.4. The van der Waals surface area contributed by atoms with E-state index < -0.39 is 42.2 Å². The molecule has 1 amide bonds. The van der Waals surface area contributed by atoms with E-state index >= 15 is 0 Å². The van der Waals surface area contributed by atoms with Crippen LogP contribution in [0.15, 0.2) is 24.7 Å². The third-order valence-electron chi connectivity index (χ3n) is 4.33. The van der Waals surface area contributed by atoms with Gasteiger partial charge in [0.1, 0.15) is 0 Å². The zero-order chi connectivity index (χ0) is 21.2. The number of alkyl halides is 6. The normalized spacial score (nSPS) is 17.4. The lowest BCUT2D eigenvalue weighted by Crippen LogP contribution is -2.40. The maximum Gasteiger partial charge on any atom is 0.451 e. The summed E-state index contributed by atoms with van der Waals surface area (Å²) in [5.41, 5.74) is -1.35. The van der Waals surface area contributed by atoms with Crippen molar-refractivity contribution in [2.75, 3.05) is 6.54 Å². The molecule has 0 bridgehead atoms. The van der Waals surface area contributed by atoms with Crippen LogP contribution in [-0.4, -0.2) is 33.4 Å². The molecule has 0 radical (unpaired) electrons. The highest BCUT2D eigenvalue weighted by Gasteiger charge is 2.35. The van der Waals surface area contributed by atoms with Crippen LogP contribution >= 0.6 is 0 Å². The van der Waals surface area contributed by atoms with Crippen molar-refractivity contribution in [2.45, 2.75) is 37.8 Å². The number of halogens is 6. The monoisotopic (exact) mass is 419 g/mol. The van der Waals surface area contributed by atoms with Crippen molar-refractivity contribution in [2.24, 2.45) is 0 Å². The summed E-state index contributed by atoms with van der Waals surface area (Å²) in [6, 6.07) is 0.589. The third-order valence-corrected chi connectivity index (χ3v) is 4.33. The van der Waals surface area contributed by atoms with Crippen LogP contribution in [0.1, 0.15) is 29.8 Å². The summed E-state index contributed by atoms with van der Waals surface area (Å²) >= 11 is 0. The standard InChI is InChI=1S/C17H15F6N5O/c18-16(19,20)11-8-25-13(10-6-27-15(28-7-10)17(21,22)23)4-9(11)5-26-14(29)12-2-1-3-24-12/h4,6-8,12,24H,1-3,5H2,(H,26,29). The van der Waals surface area contributed by atoms with E-state index in [9.17, 15) is 31.1 Å². The lowest BCUT2D eigenvalue weighted by Gasteiger charge is -2.16. The van der Waals surface area contributed by atoms with E-state index in [-0.39, 0.29) is 16.8 Å². The fourth-order valence-corrected chi connectivity index (χ4v) is 2.88. The molecule has 1 fully saturated rings. The van der Waals surface area contributed by atoms with Crippen LogP contribution in [0.3, 0.4) is 0 Å². The lowest BCUT2D eigenvalue weighted by molar-refractivity contribution is -0.145. The molecule has 12 heteroatoms. The number of hydrogen-bond acceptors (Lipinski definition) is 5. The molecule has 6 nitrogen and oxygen atoms in total. The number of rotatable bonds is 4. The number of pyridine rings is 1. The molecule has 1 saturated heterocycles. The third kappa shape index (κ3) is 5.00. The van der Waals surface area contributed by atoms with Crippen LogP contribution in [0.4, 0.5) is 26.3 Å². The van der Waals surface area contributed by atoms with Gasteiger partial charge >= 0.3 is 12.4 Å². The van der Waals surface area contributed by atoms with E-state index in [1.54, 1.807) is 0 Å². The van der Waals surface area contributed by atoms with Crippen LogP contribution in [0.2, 0.25) is 0 Å². The Bertz CT molecular complexity index is 875. The van der Waals surface area contributed by atoms with Gasteiger partial charge in [-0.25, -0.2) is 9.97 Å². The molecule has 0 aliphatic carbocycles. The molecule has 3 heterocycles. The zero-order valence-corrected chi connectivity index (χ0v) is 14.7. The van der Waals surface area contributed by atoms with E-state index in [4.69, 9.17) is 0 Å². The summed E-state index contributed by atoms with van der Waals surface area (Å²) in [5.74, 6) is -1.79.